The van der Waals surface area contributed by atoms with Crippen LogP contribution in [0.3, 0.4) is 0 Å². The molecule has 4 N–H and O–H groups in total. The number of aryl methyl sites for hydroxylation is 1. The summed E-state index contributed by atoms with van der Waals surface area (Å²) in [6.07, 6.45) is 1.63. The highest BCUT2D eigenvalue weighted by molar-refractivity contribution is 6.14. The van der Waals surface area contributed by atoms with Crippen LogP contribution in [0.5, 0.6) is 0 Å². The van der Waals surface area contributed by atoms with Gasteiger partial charge in [-0.25, -0.2) is 4.98 Å². The molecule has 4 nitrogen and oxygen atoms in total. The topological polar surface area (TPSA) is 82.0 Å². The van der Waals surface area contributed by atoms with Crippen LogP contribution in [0.25, 0.3) is 0 Å². The third-order valence-corrected chi connectivity index (χ3v) is 2.51. The van der Waals surface area contributed by atoms with E-state index in [4.69, 9.17) is 11.5 Å². The molecule has 86 valence electrons. The summed E-state index contributed by atoms with van der Waals surface area (Å²) in [5.74, 6) is 0.0284. The van der Waals surface area contributed by atoms with Gasteiger partial charge in [-0.2, -0.15) is 0 Å². The third-order valence-electron chi connectivity index (χ3n) is 2.51. The molecule has 0 aliphatic heterocycles. The molecule has 0 spiro atoms. The molecular weight excluding hydrogens is 214 g/mol. The van der Waals surface area contributed by atoms with E-state index in [9.17, 15) is 4.79 Å². The van der Waals surface area contributed by atoms with Crippen molar-refractivity contribution in [3.8, 4) is 0 Å². The Morgan fingerprint density at radius 2 is 1.88 bits per heavy atom. The van der Waals surface area contributed by atoms with Gasteiger partial charge in [0, 0.05) is 17.4 Å². The van der Waals surface area contributed by atoms with E-state index in [0.29, 0.717) is 16.8 Å². The lowest BCUT2D eigenvalue weighted by atomic mass is 10.0. The van der Waals surface area contributed by atoms with Gasteiger partial charge in [0.2, 0.25) is 0 Å². The van der Waals surface area contributed by atoms with E-state index in [1.54, 1.807) is 36.5 Å². The molecule has 1 heterocycles. The number of benzene rings is 1. The van der Waals surface area contributed by atoms with E-state index in [-0.39, 0.29) is 11.6 Å². The summed E-state index contributed by atoms with van der Waals surface area (Å²) < 4.78 is 0. The van der Waals surface area contributed by atoms with Gasteiger partial charge < -0.3 is 11.5 Å². The first-order chi connectivity index (χ1) is 8.09. The number of hydrogen-bond donors (Lipinski definition) is 2. The van der Waals surface area contributed by atoms with Crippen molar-refractivity contribution in [1.82, 2.24) is 4.98 Å². The maximum Gasteiger partial charge on any atom is 0.198 e. The van der Waals surface area contributed by atoms with Crippen LogP contribution in [0.1, 0.15) is 21.5 Å². The van der Waals surface area contributed by atoms with Crippen LogP contribution in [0.2, 0.25) is 0 Å². The number of hydrogen-bond acceptors (Lipinski definition) is 4. The fourth-order valence-electron chi connectivity index (χ4n) is 1.61. The van der Waals surface area contributed by atoms with Crippen LogP contribution in [0, 0.1) is 6.92 Å². The van der Waals surface area contributed by atoms with E-state index in [1.165, 1.54) is 0 Å². The van der Waals surface area contributed by atoms with Gasteiger partial charge in [-0.05, 0) is 30.7 Å². The minimum Gasteiger partial charge on any atom is -0.398 e. The molecule has 1 aromatic carbocycles. The number of nitrogen functional groups attached to an aromatic ring is 2. The first-order valence-corrected chi connectivity index (χ1v) is 5.21. The molecule has 0 aliphatic carbocycles. The number of carbonyl (C=O) groups is 1. The molecule has 0 saturated carbocycles. The number of carbonyl (C=O) groups excluding carboxylic acids is 1. The number of ketones is 1. The second kappa shape index (κ2) is 4.25. The largest absolute Gasteiger partial charge is 0.398 e. The van der Waals surface area contributed by atoms with Crippen molar-refractivity contribution in [1.29, 1.82) is 0 Å². The highest BCUT2D eigenvalue weighted by Gasteiger charge is 2.15. The fraction of sp³-hybridized carbons (Fsp3) is 0.0769. The van der Waals surface area contributed by atoms with Gasteiger partial charge in [-0.3, -0.25) is 4.79 Å². The summed E-state index contributed by atoms with van der Waals surface area (Å²) in [4.78, 5) is 16.2. The van der Waals surface area contributed by atoms with Gasteiger partial charge in [-0.15, -0.1) is 0 Å². The first kappa shape index (κ1) is 11.1. The highest BCUT2D eigenvalue weighted by Crippen LogP contribution is 2.19. The second-order valence-electron chi connectivity index (χ2n) is 3.86. The third kappa shape index (κ3) is 2.10. The lowest BCUT2D eigenvalue weighted by molar-refractivity contribution is 0.104. The van der Waals surface area contributed by atoms with Gasteiger partial charge in [0.25, 0.3) is 0 Å². The molecule has 2 aromatic rings. The van der Waals surface area contributed by atoms with Crippen molar-refractivity contribution in [2.24, 2.45) is 0 Å². The van der Waals surface area contributed by atoms with Crippen LogP contribution in [-0.4, -0.2) is 10.8 Å². The Labute approximate surface area is 99.3 Å². The second-order valence-corrected chi connectivity index (χ2v) is 3.86. The number of pyridine rings is 1. The molecule has 0 radical (unpaired) electrons. The molecule has 0 fully saturated rings. The normalized spacial score (nSPS) is 10.2. The lowest BCUT2D eigenvalue weighted by Gasteiger charge is -2.07. The Morgan fingerprint density at radius 1 is 1.18 bits per heavy atom. The minimum absolute atomic E-state index is 0.197. The van der Waals surface area contributed by atoms with Crippen molar-refractivity contribution in [3.05, 3.63) is 53.2 Å². The number of anilines is 2. The molecular formula is C13H13N3O. The van der Waals surface area contributed by atoms with Crippen molar-refractivity contribution < 1.29 is 4.79 Å². The zero-order chi connectivity index (χ0) is 12.4. The van der Waals surface area contributed by atoms with Gasteiger partial charge >= 0.3 is 0 Å². The molecule has 17 heavy (non-hydrogen) atoms. The molecule has 0 aliphatic rings. The molecule has 2 rings (SSSR count). The predicted octanol–water partition coefficient (Wildman–Crippen LogP) is 1.79. The summed E-state index contributed by atoms with van der Waals surface area (Å²) >= 11 is 0. The Morgan fingerprint density at radius 3 is 2.59 bits per heavy atom. The molecule has 0 amide bonds. The van der Waals surface area contributed by atoms with Gasteiger partial charge in [0.05, 0.1) is 5.56 Å². The number of nitrogens with zero attached hydrogens (tertiary/aromatic N) is 1. The summed E-state index contributed by atoms with van der Waals surface area (Å²) in [5.41, 5.74) is 13.6. The quantitative estimate of drug-likeness (QED) is 0.605. The maximum atomic E-state index is 12.2. The monoisotopic (exact) mass is 227 g/mol. The number of para-hydroxylation sites is 1. The average Bonchev–Trinajstić information content (AvgIpc) is 2.32. The van der Waals surface area contributed by atoms with E-state index < -0.39 is 0 Å². The number of rotatable bonds is 2. The molecule has 0 bridgehead atoms. The smallest absolute Gasteiger partial charge is 0.198 e. The Kier molecular flexibility index (Phi) is 2.78. The Bertz CT molecular complexity index is 579. The van der Waals surface area contributed by atoms with Crippen molar-refractivity contribution in [3.63, 3.8) is 0 Å². The van der Waals surface area contributed by atoms with Crippen molar-refractivity contribution in [2.75, 3.05) is 11.5 Å². The van der Waals surface area contributed by atoms with Crippen LogP contribution in [0.15, 0.2) is 36.5 Å². The molecule has 4 heteroatoms. The van der Waals surface area contributed by atoms with Crippen LogP contribution in [0.4, 0.5) is 11.5 Å². The molecule has 0 saturated heterocycles. The van der Waals surface area contributed by atoms with Gasteiger partial charge in [0.15, 0.2) is 5.78 Å². The minimum atomic E-state index is -0.197. The van der Waals surface area contributed by atoms with Crippen molar-refractivity contribution >= 4 is 17.3 Å². The van der Waals surface area contributed by atoms with Crippen molar-refractivity contribution in [2.45, 2.75) is 6.92 Å². The fourth-order valence-corrected chi connectivity index (χ4v) is 1.61. The number of aromatic nitrogens is 1. The van der Waals surface area contributed by atoms with Gasteiger partial charge in [0.1, 0.15) is 5.82 Å². The average molecular weight is 227 g/mol. The maximum absolute atomic E-state index is 12.2. The highest BCUT2D eigenvalue weighted by atomic mass is 16.1. The number of nitrogens with two attached hydrogens (primary N) is 2. The van der Waals surface area contributed by atoms with E-state index in [1.807, 2.05) is 6.92 Å². The summed E-state index contributed by atoms with van der Waals surface area (Å²) in [7, 11) is 0. The van der Waals surface area contributed by atoms with Crippen LogP contribution in [-0.2, 0) is 0 Å². The summed E-state index contributed by atoms with van der Waals surface area (Å²) in [5, 5.41) is 0. The summed E-state index contributed by atoms with van der Waals surface area (Å²) in [6, 6.07) is 8.64. The predicted molar refractivity (Wildman–Crippen MR) is 67.7 cm³/mol. The lowest BCUT2D eigenvalue weighted by Crippen LogP contribution is -2.09. The summed E-state index contributed by atoms with van der Waals surface area (Å²) in [6.45, 7) is 1.86. The first-order valence-electron chi connectivity index (χ1n) is 5.21. The van der Waals surface area contributed by atoms with Gasteiger partial charge in [-0.1, -0.05) is 12.1 Å². The molecule has 1 aromatic heterocycles. The Balaban J connectivity index is 2.51. The van der Waals surface area contributed by atoms with E-state index in [0.717, 1.165) is 5.56 Å². The zero-order valence-electron chi connectivity index (χ0n) is 9.47. The Hall–Kier alpha value is -2.36. The molecule has 0 unspecified atom stereocenters. The van der Waals surface area contributed by atoms with Crippen LogP contribution < -0.4 is 11.5 Å². The zero-order valence-corrected chi connectivity index (χ0v) is 9.47. The SMILES string of the molecule is Cc1cnc(N)c(C(=O)c2ccccc2N)c1. The standard InChI is InChI=1S/C13H13N3O/c1-8-6-10(13(15)16-7-8)12(17)9-4-2-3-5-11(9)14/h2-7H,14H2,1H3,(H2,15,16). The molecule has 0 atom stereocenters. The van der Waals surface area contributed by atoms with E-state index in [2.05, 4.69) is 4.98 Å². The van der Waals surface area contributed by atoms with Crippen LogP contribution >= 0.6 is 0 Å². The van der Waals surface area contributed by atoms with E-state index >= 15 is 0 Å².